The topological polar surface area (TPSA) is 58.8 Å². The van der Waals surface area contributed by atoms with Crippen LogP contribution in [-0.2, 0) is 4.74 Å². The number of piperazine rings is 1. The Kier molecular flexibility index (Phi) is 4.57. The summed E-state index contributed by atoms with van der Waals surface area (Å²) in [5, 5.41) is 0. The van der Waals surface area contributed by atoms with Crippen molar-refractivity contribution in [3.8, 4) is 0 Å². The number of fused-ring (bicyclic) bond motifs is 1. The van der Waals surface area contributed by atoms with Gasteiger partial charge in [0, 0.05) is 31.7 Å². The van der Waals surface area contributed by atoms with Crippen LogP contribution in [0.25, 0.3) is 11.1 Å². The minimum Gasteiger partial charge on any atom is -0.465 e. The van der Waals surface area contributed by atoms with Gasteiger partial charge >= 0.3 is 5.97 Å². The molecule has 1 aliphatic heterocycles. The van der Waals surface area contributed by atoms with Crippen LogP contribution in [0.5, 0.6) is 0 Å². The number of benzene rings is 1. The van der Waals surface area contributed by atoms with Crippen LogP contribution < -0.4 is 4.90 Å². The van der Waals surface area contributed by atoms with Crippen LogP contribution in [0, 0.1) is 0 Å². The van der Waals surface area contributed by atoms with Crippen molar-refractivity contribution < 1.29 is 13.9 Å². The first-order valence-corrected chi connectivity index (χ1v) is 8.14. The highest BCUT2D eigenvalue weighted by molar-refractivity contribution is 6.01. The number of oxazole rings is 1. The van der Waals surface area contributed by atoms with E-state index in [1.165, 1.54) is 7.11 Å². The summed E-state index contributed by atoms with van der Waals surface area (Å²) in [5.74, 6) is -0.405. The van der Waals surface area contributed by atoms with Crippen LogP contribution in [-0.4, -0.2) is 54.7 Å². The Morgan fingerprint density at radius 3 is 2.92 bits per heavy atom. The van der Waals surface area contributed by atoms with E-state index in [1.54, 1.807) is 12.1 Å². The summed E-state index contributed by atoms with van der Waals surface area (Å²) in [6.45, 7) is 10.8. The molecule has 0 N–H and O–H groups in total. The van der Waals surface area contributed by atoms with E-state index in [1.807, 2.05) is 12.1 Å². The Labute approximate surface area is 141 Å². The van der Waals surface area contributed by atoms with E-state index in [4.69, 9.17) is 9.15 Å². The number of para-hydroxylation sites is 1. The number of methoxy groups -OCH3 is 1. The molecule has 1 aliphatic rings. The van der Waals surface area contributed by atoms with Crippen LogP contribution in [0.3, 0.4) is 0 Å². The quantitative estimate of drug-likeness (QED) is 0.635. The molecule has 128 valence electrons. The second-order valence-corrected chi connectivity index (χ2v) is 6.23. The first-order chi connectivity index (χ1) is 11.5. The van der Waals surface area contributed by atoms with Crippen LogP contribution in [0.4, 0.5) is 6.01 Å². The molecule has 0 unspecified atom stereocenters. The fourth-order valence-electron chi connectivity index (χ4n) is 3.22. The lowest BCUT2D eigenvalue weighted by Crippen LogP contribution is -2.56. The molecule has 0 spiro atoms. The van der Waals surface area contributed by atoms with Gasteiger partial charge in [0.2, 0.25) is 0 Å². The molecule has 1 fully saturated rings. The van der Waals surface area contributed by atoms with Crippen molar-refractivity contribution >= 4 is 23.1 Å². The normalized spacial score (nSPS) is 21.9. The van der Waals surface area contributed by atoms with E-state index >= 15 is 0 Å². The Morgan fingerprint density at radius 2 is 2.21 bits per heavy atom. The monoisotopic (exact) mass is 329 g/mol. The third-order valence-electron chi connectivity index (χ3n) is 4.54. The molecule has 0 radical (unpaired) electrons. The summed E-state index contributed by atoms with van der Waals surface area (Å²) in [7, 11) is 1.37. The highest BCUT2D eigenvalue weighted by atomic mass is 16.5. The lowest BCUT2D eigenvalue weighted by molar-refractivity contribution is 0.0602. The van der Waals surface area contributed by atoms with Crippen molar-refractivity contribution in [2.45, 2.75) is 25.9 Å². The number of aromatic nitrogens is 1. The van der Waals surface area contributed by atoms with E-state index in [0.717, 1.165) is 19.6 Å². The molecule has 1 aromatic heterocycles. The van der Waals surface area contributed by atoms with E-state index in [-0.39, 0.29) is 6.04 Å². The van der Waals surface area contributed by atoms with Crippen LogP contribution in [0.1, 0.15) is 24.2 Å². The van der Waals surface area contributed by atoms with Gasteiger partial charge in [-0.3, -0.25) is 4.90 Å². The highest BCUT2D eigenvalue weighted by Crippen LogP contribution is 2.28. The summed E-state index contributed by atoms with van der Waals surface area (Å²) in [5.41, 5.74) is 1.57. The van der Waals surface area contributed by atoms with Crippen molar-refractivity contribution in [2.24, 2.45) is 0 Å². The second kappa shape index (κ2) is 6.65. The summed E-state index contributed by atoms with van der Waals surface area (Å²) in [6.07, 6.45) is 1.93. The number of hydrogen-bond acceptors (Lipinski definition) is 6. The Morgan fingerprint density at radius 1 is 1.42 bits per heavy atom. The zero-order chi connectivity index (χ0) is 17.3. The molecule has 1 aromatic carbocycles. The SMILES string of the molecule is C=CCN1C[C@@H](C)N(c2nc3c(C(=O)OC)cccc3o2)C[C@@H]1C. The Hall–Kier alpha value is -2.34. The minimum atomic E-state index is -0.405. The summed E-state index contributed by atoms with van der Waals surface area (Å²) in [4.78, 5) is 21.0. The van der Waals surface area contributed by atoms with Gasteiger partial charge in [-0.15, -0.1) is 6.58 Å². The molecule has 0 aliphatic carbocycles. The molecule has 2 atom stereocenters. The van der Waals surface area contributed by atoms with E-state index in [9.17, 15) is 4.79 Å². The smallest absolute Gasteiger partial charge is 0.340 e. The third kappa shape index (κ3) is 2.89. The maximum Gasteiger partial charge on any atom is 0.340 e. The fraction of sp³-hybridized carbons (Fsp3) is 0.444. The zero-order valence-corrected chi connectivity index (χ0v) is 14.4. The minimum absolute atomic E-state index is 0.260. The lowest BCUT2D eigenvalue weighted by atomic mass is 10.1. The molecule has 3 rings (SSSR count). The molecular formula is C18H23N3O3. The van der Waals surface area contributed by atoms with Crippen molar-refractivity contribution in [1.82, 2.24) is 9.88 Å². The third-order valence-corrected chi connectivity index (χ3v) is 4.54. The molecule has 0 bridgehead atoms. The Balaban J connectivity index is 1.92. The van der Waals surface area contributed by atoms with Crippen molar-refractivity contribution in [3.63, 3.8) is 0 Å². The average molecular weight is 329 g/mol. The first kappa shape index (κ1) is 16.5. The maximum atomic E-state index is 11.9. The molecule has 6 nitrogen and oxygen atoms in total. The molecule has 6 heteroatoms. The molecule has 0 amide bonds. The fourth-order valence-corrected chi connectivity index (χ4v) is 3.22. The molecule has 0 saturated carbocycles. The number of carbonyl (C=O) groups is 1. The standard InChI is InChI=1S/C18H23N3O3/c1-5-9-20-10-13(3)21(11-12(20)2)18-19-16-14(17(22)23-4)7-6-8-15(16)24-18/h5-8,12-13H,1,9-11H2,2-4H3/t12-,13+/m0/s1. The number of ether oxygens (including phenoxy) is 1. The number of rotatable bonds is 4. The van der Waals surface area contributed by atoms with Gasteiger partial charge in [-0.1, -0.05) is 12.1 Å². The van der Waals surface area contributed by atoms with Gasteiger partial charge in [0.25, 0.3) is 6.01 Å². The van der Waals surface area contributed by atoms with Crippen LogP contribution >= 0.6 is 0 Å². The van der Waals surface area contributed by atoms with Crippen LogP contribution in [0.2, 0.25) is 0 Å². The van der Waals surface area contributed by atoms with E-state index < -0.39 is 5.97 Å². The number of hydrogen-bond donors (Lipinski definition) is 0. The Bertz CT molecular complexity index is 755. The van der Waals surface area contributed by atoms with Gasteiger partial charge in [0.15, 0.2) is 5.58 Å². The molecular weight excluding hydrogens is 306 g/mol. The number of anilines is 1. The summed E-state index contributed by atoms with van der Waals surface area (Å²) >= 11 is 0. The number of carbonyl (C=O) groups excluding carboxylic acids is 1. The highest BCUT2D eigenvalue weighted by Gasteiger charge is 2.31. The van der Waals surface area contributed by atoms with Gasteiger partial charge in [-0.25, -0.2) is 4.79 Å². The molecule has 2 heterocycles. The first-order valence-electron chi connectivity index (χ1n) is 8.14. The zero-order valence-electron chi connectivity index (χ0n) is 14.4. The van der Waals surface area contributed by atoms with Gasteiger partial charge in [0.05, 0.1) is 12.7 Å². The van der Waals surface area contributed by atoms with Crippen LogP contribution in [0.15, 0.2) is 35.3 Å². The largest absolute Gasteiger partial charge is 0.465 e. The van der Waals surface area contributed by atoms with Crippen molar-refractivity contribution in [3.05, 3.63) is 36.4 Å². The van der Waals surface area contributed by atoms with Gasteiger partial charge in [0.1, 0.15) is 5.52 Å². The lowest BCUT2D eigenvalue weighted by Gasteiger charge is -2.43. The summed E-state index contributed by atoms with van der Waals surface area (Å²) in [6, 6.07) is 6.48. The average Bonchev–Trinajstić information content (AvgIpc) is 3.01. The molecule has 2 aromatic rings. The maximum absolute atomic E-state index is 11.9. The predicted octanol–water partition coefficient (Wildman–Crippen LogP) is 2.70. The van der Waals surface area contributed by atoms with E-state index in [0.29, 0.717) is 28.7 Å². The second-order valence-electron chi connectivity index (χ2n) is 6.23. The van der Waals surface area contributed by atoms with Gasteiger partial charge in [-0.05, 0) is 26.0 Å². The van der Waals surface area contributed by atoms with E-state index in [2.05, 4.69) is 35.2 Å². The predicted molar refractivity (Wildman–Crippen MR) is 93.4 cm³/mol. The van der Waals surface area contributed by atoms with Gasteiger partial charge in [-0.2, -0.15) is 4.98 Å². The number of esters is 1. The van der Waals surface area contributed by atoms with Gasteiger partial charge < -0.3 is 14.1 Å². The molecule has 24 heavy (non-hydrogen) atoms. The van der Waals surface area contributed by atoms with Crippen molar-refractivity contribution in [1.29, 1.82) is 0 Å². The molecule has 1 saturated heterocycles. The number of nitrogens with zero attached hydrogens (tertiary/aromatic N) is 3. The van der Waals surface area contributed by atoms with Crippen molar-refractivity contribution in [2.75, 3.05) is 31.6 Å². The summed E-state index contributed by atoms with van der Waals surface area (Å²) < 4.78 is 10.8.